The van der Waals surface area contributed by atoms with E-state index in [2.05, 4.69) is 5.32 Å². The molecule has 0 saturated carbocycles. The van der Waals surface area contributed by atoms with E-state index >= 15 is 0 Å². The van der Waals surface area contributed by atoms with Gasteiger partial charge in [-0.15, -0.1) is 12.4 Å². The lowest BCUT2D eigenvalue weighted by Gasteiger charge is -2.35. The predicted octanol–water partition coefficient (Wildman–Crippen LogP) is 3.13. The first-order chi connectivity index (χ1) is 12.1. The van der Waals surface area contributed by atoms with Crippen molar-refractivity contribution in [1.29, 1.82) is 0 Å². The summed E-state index contributed by atoms with van der Waals surface area (Å²) in [7, 11) is -3.60. The van der Waals surface area contributed by atoms with Gasteiger partial charge >= 0.3 is 0 Å². The fraction of sp³-hybridized carbons (Fsp3) is 0.333. The summed E-state index contributed by atoms with van der Waals surface area (Å²) in [4.78, 5) is 0.325. The normalized spacial score (nSPS) is 20.4. The van der Waals surface area contributed by atoms with Crippen LogP contribution in [0.15, 0.2) is 47.4 Å². The fourth-order valence-corrected chi connectivity index (χ4v) is 5.28. The second-order valence-electron chi connectivity index (χ2n) is 6.31. The average Bonchev–Trinajstić information content (AvgIpc) is 3.09. The van der Waals surface area contributed by atoms with Gasteiger partial charge in [-0.25, -0.2) is 8.42 Å². The van der Waals surface area contributed by atoms with E-state index in [1.54, 1.807) is 22.5 Å². The maximum atomic E-state index is 13.3. The van der Waals surface area contributed by atoms with Crippen LogP contribution in [0.4, 0.5) is 0 Å². The molecule has 0 spiro atoms. The van der Waals surface area contributed by atoms with Gasteiger partial charge in [0.05, 0.1) is 24.2 Å². The number of hydrogen-bond acceptors (Lipinski definition) is 4. The molecule has 1 saturated heterocycles. The second-order valence-corrected chi connectivity index (χ2v) is 8.64. The van der Waals surface area contributed by atoms with Gasteiger partial charge in [-0.05, 0) is 41.0 Å². The quantitative estimate of drug-likeness (QED) is 0.837. The van der Waals surface area contributed by atoms with E-state index in [9.17, 15) is 8.42 Å². The third kappa shape index (κ3) is 3.63. The van der Waals surface area contributed by atoms with Crippen LogP contribution in [0.1, 0.15) is 22.7 Å². The zero-order chi connectivity index (χ0) is 17.4. The number of hydrogen-bond donors (Lipinski definition) is 1. The van der Waals surface area contributed by atoms with Gasteiger partial charge in [0.2, 0.25) is 10.0 Å². The number of benzene rings is 2. The van der Waals surface area contributed by atoms with Crippen LogP contribution in [0.2, 0.25) is 5.02 Å². The molecule has 0 aromatic heterocycles. The molecule has 1 N–H and O–H groups in total. The number of rotatable bonds is 3. The molecule has 2 heterocycles. The van der Waals surface area contributed by atoms with Crippen LogP contribution >= 0.6 is 24.0 Å². The Labute approximate surface area is 164 Å². The standard InChI is InChI=1S/C18H19ClN2O3S.ClH/c19-16-3-1-2-13(8-16)18-10-20-6-7-21(18)25(22,23)17-5-4-14-11-24-12-15(14)9-17;/h1-5,8-9,18,20H,6-7,10-12H2;1H. The maximum Gasteiger partial charge on any atom is 0.243 e. The van der Waals surface area contributed by atoms with Gasteiger partial charge in [-0.1, -0.05) is 29.8 Å². The number of ether oxygens (including phenoxy) is 1. The molecule has 140 valence electrons. The maximum absolute atomic E-state index is 13.3. The molecule has 2 aliphatic heterocycles. The van der Waals surface area contributed by atoms with Crippen molar-refractivity contribution in [2.24, 2.45) is 0 Å². The van der Waals surface area contributed by atoms with Crippen molar-refractivity contribution >= 4 is 34.0 Å². The van der Waals surface area contributed by atoms with Gasteiger partial charge in [0, 0.05) is 24.7 Å². The molecule has 1 fully saturated rings. The minimum Gasteiger partial charge on any atom is -0.372 e. The molecule has 26 heavy (non-hydrogen) atoms. The molecule has 0 radical (unpaired) electrons. The molecule has 5 nitrogen and oxygen atoms in total. The number of halogens is 2. The monoisotopic (exact) mass is 414 g/mol. The van der Waals surface area contributed by atoms with Crippen LogP contribution < -0.4 is 5.32 Å². The first kappa shape index (κ1) is 19.6. The summed E-state index contributed by atoms with van der Waals surface area (Å²) in [6, 6.07) is 12.4. The Balaban J connectivity index is 0.00000196. The number of nitrogens with zero attached hydrogens (tertiary/aromatic N) is 1. The first-order valence-corrected chi connectivity index (χ1v) is 10.0. The Morgan fingerprint density at radius 1 is 1.12 bits per heavy atom. The minimum absolute atomic E-state index is 0. The lowest BCUT2D eigenvalue weighted by molar-refractivity contribution is 0.134. The van der Waals surface area contributed by atoms with E-state index in [1.807, 2.05) is 24.3 Å². The highest BCUT2D eigenvalue weighted by atomic mass is 35.5. The number of fused-ring (bicyclic) bond motifs is 1. The summed E-state index contributed by atoms with van der Waals surface area (Å²) < 4.78 is 33.5. The Kier molecular flexibility index (Phi) is 5.91. The van der Waals surface area contributed by atoms with Crippen LogP contribution in [0.25, 0.3) is 0 Å². The van der Waals surface area contributed by atoms with Crippen molar-refractivity contribution < 1.29 is 13.2 Å². The predicted molar refractivity (Wildman–Crippen MR) is 103 cm³/mol. The van der Waals surface area contributed by atoms with Crippen molar-refractivity contribution in [2.45, 2.75) is 24.2 Å². The van der Waals surface area contributed by atoms with Crippen LogP contribution in [0, 0.1) is 0 Å². The van der Waals surface area contributed by atoms with Gasteiger partial charge in [-0.3, -0.25) is 0 Å². The number of nitrogens with one attached hydrogen (secondary N) is 1. The molecule has 8 heteroatoms. The molecule has 0 amide bonds. The average molecular weight is 415 g/mol. The largest absolute Gasteiger partial charge is 0.372 e. The first-order valence-electron chi connectivity index (χ1n) is 8.23. The topological polar surface area (TPSA) is 58.6 Å². The lowest BCUT2D eigenvalue weighted by Crippen LogP contribution is -2.48. The summed E-state index contributed by atoms with van der Waals surface area (Å²) in [5.41, 5.74) is 2.91. The lowest BCUT2D eigenvalue weighted by atomic mass is 10.1. The third-order valence-corrected chi connectivity index (χ3v) is 6.87. The van der Waals surface area contributed by atoms with Crippen molar-refractivity contribution in [3.05, 3.63) is 64.2 Å². The van der Waals surface area contributed by atoms with E-state index in [1.165, 1.54) is 0 Å². The molecule has 2 aromatic rings. The highest BCUT2D eigenvalue weighted by molar-refractivity contribution is 7.89. The van der Waals surface area contributed by atoms with Crippen molar-refractivity contribution in [1.82, 2.24) is 9.62 Å². The van der Waals surface area contributed by atoms with Gasteiger partial charge in [-0.2, -0.15) is 4.31 Å². The Hall–Kier alpha value is -1.15. The SMILES string of the molecule is Cl.O=S(=O)(c1ccc2c(c1)COC2)N1CCNCC1c1cccc(Cl)c1. The summed E-state index contributed by atoms with van der Waals surface area (Å²) in [5, 5.41) is 3.89. The van der Waals surface area contributed by atoms with Crippen molar-refractivity contribution in [2.75, 3.05) is 19.6 Å². The Bertz CT molecular complexity index is 905. The van der Waals surface area contributed by atoms with Crippen LogP contribution in [-0.4, -0.2) is 32.4 Å². The van der Waals surface area contributed by atoms with Gasteiger partial charge in [0.25, 0.3) is 0 Å². The van der Waals surface area contributed by atoms with E-state index in [4.69, 9.17) is 16.3 Å². The summed E-state index contributed by atoms with van der Waals surface area (Å²) in [6.45, 7) is 2.64. The van der Waals surface area contributed by atoms with Gasteiger partial charge in [0.15, 0.2) is 0 Å². The van der Waals surface area contributed by atoms with Crippen LogP contribution in [0.5, 0.6) is 0 Å². The fourth-order valence-electron chi connectivity index (χ4n) is 3.42. The minimum atomic E-state index is -3.60. The summed E-state index contributed by atoms with van der Waals surface area (Å²) in [5.74, 6) is 0. The van der Waals surface area contributed by atoms with Crippen LogP contribution in [-0.2, 0) is 28.0 Å². The third-order valence-electron chi connectivity index (χ3n) is 4.73. The summed E-state index contributed by atoms with van der Waals surface area (Å²) >= 11 is 6.10. The molecule has 0 aliphatic carbocycles. The van der Waals surface area contributed by atoms with Crippen molar-refractivity contribution in [3.8, 4) is 0 Å². The molecule has 2 aromatic carbocycles. The molecule has 4 rings (SSSR count). The zero-order valence-corrected chi connectivity index (χ0v) is 16.4. The van der Waals surface area contributed by atoms with Crippen molar-refractivity contribution in [3.63, 3.8) is 0 Å². The molecule has 1 unspecified atom stereocenters. The molecule has 1 atom stereocenters. The highest BCUT2D eigenvalue weighted by Gasteiger charge is 2.35. The van der Waals surface area contributed by atoms with E-state index in [0.717, 1.165) is 16.7 Å². The second kappa shape index (κ2) is 7.84. The summed E-state index contributed by atoms with van der Waals surface area (Å²) in [6.07, 6.45) is 0. The molecular formula is C18H20Cl2N2O3S. The van der Waals surface area contributed by atoms with Crippen LogP contribution in [0.3, 0.4) is 0 Å². The zero-order valence-electron chi connectivity index (χ0n) is 14.0. The molecular weight excluding hydrogens is 395 g/mol. The highest BCUT2D eigenvalue weighted by Crippen LogP contribution is 2.31. The number of piperazine rings is 1. The molecule has 2 aliphatic rings. The molecule has 0 bridgehead atoms. The van der Waals surface area contributed by atoms with Gasteiger partial charge < -0.3 is 10.1 Å². The van der Waals surface area contributed by atoms with Gasteiger partial charge in [0.1, 0.15) is 0 Å². The smallest absolute Gasteiger partial charge is 0.243 e. The van der Waals surface area contributed by atoms with E-state index in [0.29, 0.717) is 42.8 Å². The van der Waals surface area contributed by atoms with E-state index < -0.39 is 10.0 Å². The Morgan fingerprint density at radius 2 is 1.92 bits per heavy atom. The Morgan fingerprint density at radius 3 is 2.73 bits per heavy atom. The number of sulfonamides is 1. The van der Waals surface area contributed by atoms with E-state index in [-0.39, 0.29) is 18.4 Å².